The maximum atomic E-state index is 11.9. The zero-order valence-corrected chi connectivity index (χ0v) is 12.1. The van der Waals surface area contributed by atoms with Crippen LogP contribution >= 0.6 is 0 Å². The first kappa shape index (κ1) is 14.1. The molecule has 104 valence electrons. The van der Waals surface area contributed by atoms with Crippen molar-refractivity contribution in [2.45, 2.75) is 45.1 Å². The lowest BCUT2D eigenvalue weighted by Gasteiger charge is -2.19. The first-order valence-electron chi connectivity index (χ1n) is 7.09. The molecule has 1 aliphatic carbocycles. The molecule has 1 aliphatic rings. The first-order valence-corrected chi connectivity index (χ1v) is 7.09. The average molecular weight is 260 g/mol. The summed E-state index contributed by atoms with van der Waals surface area (Å²) >= 11 is 0. The quantitative estimate of drug-likeness (QED) is 0.799. The van der Waals surface area contributed by atoms with Crippen LogP contribution in [0.25, 0.3) is 0 Å². The molecule has 0 aliphatic heterocycles. The molecule has 19 heavy (non-hydrogen) atoms. The molecule has 0 atom stereocenters. The topological polar surface area (TPSA) is 41.1 Å². The fourth-order valence-electron chi connectivity index (χ4n) is 1.96. The molecule has 3 nitrogen and oxygen atoms in total. The van der Waals surface area contributed by atoms with E-state index in [9.17, 15) is 4.79 Å². The van der Waals surface area contributed by atoms with E-state index in [0.717, 1.165) is 12.1 Å². The Kier molecular flexibility index (Phi) is 4.25. The fourth-order valence-corrected chi connectivity index (χ4v) is 1.96. The highest BCUT2D eigenvalue weighted by atomic mass is 16.1. The molecule has 0 unspecified atom stereocenters. The second-order valence-electron chi connectivity index (χ2n) is 6.31. The third kappa shape index (κ3) is 4.35. The highest BCUT2D eigenvalue weighted by Gasteiger charge is 2.19. The van der Waals surface area contributed by atoms with Crippen molar-refractivity contribution >= 4 is 5.91 Å². The molecule has 1 saturated carbocycles. The van der Waals surface area contributed by atoms with Crippen LogP contribution in [0.2, 0.25) is 0 Å². The predicted octanol–water partition coefficient (Wildman–Crippen LogP) is 2.47. The van der Waals surface area contributed by atoms with E-state index < -0.39 is 0 Å². The number of hydrogen-bond acceptors (Lipinski definition) is 2. The smallest absolute Gasteiger partial charge is 0.251 e. The van der Waals surface area contributed by atoms with Crippen molar-refractivity contribution in [3.8, 4) is 0 Å². The Morgan fingerprint density at radius 3 is 2.32 bits per heavy atom. The van der Waals surface area contributed by atoms with Crippen LogP contribution in [0.15, 0.2) is 24.3 Å². The Bertz CT molecular complexity index is 427. The van der Waals surface area contributed by atoms with Gasteiger partial charge in [0.15, 0.2) is 0 Å². The van der Waals surface area contributed by atoms with Gasteiger partial charge in [-0.15, -0.1) is 0 Å². The summed E-state index contributed by atoms with van der Waals surface area (Å²) in [5.41, 5.74) is 2.11. The highest BCUT2D eigenvalue weighted by Crippen LogP contribution is 2.22. The molecule has 0 bridgehead atoms. The van der Waals surface area contributed by atoms with Crippen LogP contribution in [0.5, 0.6) is 0 Å². The maximum Gasteiger partial charge on any atom is 0.251 e. The van der Waals surface area contributed by atoms with Crippen molar-refractivity contribution in [2.75, 3.05) is 13.1 Å². The third-order valence-corrected chi connectivity index (χ3v) is 3.43. The van der Waals surface area contributed by atoms with Crippen molar-refractivity contribution in [1.29, 1.82) is 0 Å². The van der Waals surface area contributed by atoms with Crippen LogP contribution in [-0.4, -0.2) is 25.0 Å². The van der Waals surface area contributed by atoms with Gasteiger partial charge in [0.2, 0.25) is 0 Å². The number of benzene rings is 1. The van der Waals surface area contributed by atoms with Gasteiger partial charge in [-0.05, 0) is 36.0 Å². The number of hydrogen-bond donors (Lipinski definition) is 2. The minimum Gasteiger partial charge on any atom is -0.351 e. The van der Waals surface area contributed by atoms with Gasteiger partial charge in [0.05, 0.1) is 0 Å². The summed E-state index contributed by atoms with van der Waals surface area (Å²) < 4.78 is 0. The predicted molar refractivity (Wildman–Crippen MR) is 78.5 cm³/mol. The summed E-state index contributed by atoms with van der Waals surface area (Å²) in [6.07, 6.45) is 2.56. The fraction of sp³-hybridized carbons (Fsp3) is 0.562. The van der Waals surface area contributed by atoms with Crippen molar-refractivity contribution in [1.82, 2.24) is 10.6 Å². The van der Waals surface area contributed by atoms with Crippen LogP contribution in [0.3, 0.4) is 0 Å². The molecule has 2 N–H and O–H groups in total. The maximum absolute atomic E-state index is 11.9. The van der Waals surface area contributed by atoms with E-state index in [4.69, 9.17) is 0 Å². The molecule has 1 aromatic carbocycles. The zero-order valence-electron chi connectivity index (χ0n) is 12.1. The second-order valence-corrected chi connectivity index (χ2v) is 6.31. The van der Waals surface area contributed by atoms with E-state index in [1.165, 1.54) is 18.4 Å². The Morgan fingerprint density at radius 1 is 1.16 bits per heavy atom. The van der Waals surface area contributed by atoms with Gasteiger partial charge < -0.3 is 10.6 Å². The monoisotopic (exact) mass is 260 g/mol. The van der Waals surface area contributed by atoms with Gasteiger partial charge in [-0.3, -0.25) is 4.79 Å². The van der Waals surface area contributed by atoms with E-state index >= 15 is 0 Å². The lowest BCUT2D eigenvalue weighted by Crippen LogP contribution is -2.32. The molecular weight excluding hydrogens is 236 g/mol. The first-order chi connectivity index (χ1) is 8.97. The molecule has 0 spiro atoms. The highest BCUT2D eigenvalue weighted by molar-refractivity contribution is 5.94. The summed E-state index contributed by atoms with van der Waals surface area (Å²) in [5, 5.41) is 6.32. The SMILES string of the molecule is CC(C)(C)c1ccc(C(=O)NCCNC2CC2)cc1. The zero-order chi connectivity index (χ0) is 13.9. The number of amides is 1. The minimum atomic E-state index is 0.0121. The van der Waals surface area contributed by atoms with Gasteiger partial charge in [-0.25, -0.2) is 0 Å². The van der Waals surface area contributed by atoms with Crippen LogP contribution in [-0.2, 0) is 5.41 Å². The number of nitrogens with one attached hydrogen (secondary N) is 2. The largest absolute Gasteiger partial charge is 0.351 e. The van der Waals surface area contributed by atoms with E-state index in [0.29, 0.717) is 12.6 Å². The van der Waals surface area contributed by atoms with Crippen molar-refractivity contribution in [3.05, 3.63) is 35.4 Å². The van der Waals surface area contributed by atoms with Crippen LogP contribution in [0, 0.1) is 0 Å². The summed E-state index contributed by atoms with van der Waals surface area (Å²) in [4.78, 5) is 11.9. The number of carbonyl (C=O) groups is 1. The third-order valence-electron chi connectivity index (χ3n) is 3.43. The summed E-state index contributed by atoms with van der Waals surface area (Å²) in [6.45, 7) is 8.07. The van der Waals surface area contributed by atoms with Gasteiger partial charge >= 0.3 is 0 Å². The summed E-state index contributed by atoms with van der Waals surface area (Å²) in [7, 11) is 0. The molecule has 0 saturated heterocycles. The van der Waals surface area contributed by atoms with Crippen molar-refractivity contribution in [3.63, 3.8) is 0 Å². The molecule has 0 aromatic heterocycles. The summed E-state index contributed by atoms with van der Waals surface area (Å²) in [6, 6.07) is 8.59. The normalized spacial score (nSPS) is 15.3. The molecule has 1 aromatic rings. The Balaban J connectivity index is 1.81. The van der Waals surface area contributed by atoms with Crippen molar-refractivity contribution in [2.24, 2.45) is 0 Å². The second kappa shape index (κ2) is 5.74. The number of carbonyl (C=O) groups excluding carboxylic acids is 1. The van der Waals surface area contributed by atoms with Crippen molar-refractivity contribution < 1.29 is 4.79 Å². The van der Waals surface area contributed by atoms with Gasteiger partial charge in [-0.1, -0.05) is 32.9 Å². The van der Waals surface area contributed by atoms with E-state index in [-0.39, 0.29) is 11.3 Å². The van der Waals surface area contributed by atoms with E-state index in [1.54, 1.807) is 0 Å². The minimum absolute atomic E-state index is 0.0121. The van der Waals surface area contributed by atoms with Gasteiger partial charge in [0.25, 0.3) is 5.91 Å². The van der Waals surface area contributed by atoms with Crippen LogP contribution in [0.1, 0.15) is 49.5 Å². The lowest BCUT2D eigenvalue weighted by molar-refractivity contribution is 0.0954. The molecule has 0 radical (unpaired) electrons. The van der Waals surface area contributed by atoms with Crippen LogP contribution in [0.4, 0.5) is 0 Å². The standard InChI is InChI=1S/C16H24N2O/c1-16(2,3)13-6-4-12(5-7-13)15(19)18-11-10-17-14-8-9-14/h4-7,14,17H,8-11H2,1-3H3,(H,18,19). The van der Waals surface area contributed by atoms with E-state index in [1.807, 2.05) is 24.3 Å². The van der Waals surface area contributed by atoms with Gasteiger partial charge in [0.1, 0.15) is 0 Å². The molecule has 1 amide bonds. The Hall–Kier alpha value is -1.35. The number of rotatable bonds is 5. The molecule has 3 heteroatoms. The molecule has 1 fully saturated rings. The Morgan fingerprint density at radius 2 is 1.79 bits per heavy atom. The van der Waals surface area contributed by atoms with Gasteiger partial charge in [0, 0.05) is 24.7 Å². The molecular formula is C16H24N2O. The van der Waals surface area contributed by atoms with Gasteiger partial charge in [-0.2, -0.15) is 0 Å². The van der Waals surface area contributed by atoms with E-state index in [2.05, 4.69) is 31.4 Å². The average Bonchev–Trinajstić information content (AvgIpc) is 3.17. The molecule has 2 rings (SSSR count). The van der Waals surface area contributed by atoms with Crippen LogP contribution < -0.4 is 10.6 Å². The molecule has 0 heterocycles. The lowest BCUT2D eigenvalue weighted by atomic mass is 9.87. The Labute approximate surface area is 115 Å². The summed E-state index contributed by atoms with van der Waals surface area (Å²) in [5.74, 6) is 0.0121.